The summed E-state index contributed by atoms with van der Waals surface area (Å²) in [5.74, 6) is 0. The van der Waals surface area contributed by atoms with Crippen molar-refractivity contribution in [2.45, 2.75) is 44.8 Å². The van der Waals surface area contributed by atoms with Gasteiger partial charge in [-0.15, -0.1) is 0 Å². The highest BCUT2D eigenvalue weighted by Gasteiger charge is 2.19. The molecule has 2 rings (SSSR count). The largest absolute Gasteiger partial charge is 0.378 e. The lowest BCUT2D eigenvalue weighted by molar-refractivity contribution is 0.0983. The average Bonchev–Trinajstić information content (AvgIpc) is 2.75. The fourth-order valence-electron chi connectivity index (χ4n) is 2.35. The molecule has 1 aromatic carbocycles. The van der Waals surface area contributed by atoms with Crippen molar-refractivity contribution in [3.63, 3.8) is 0 Å². The van der Waals surface area contributed by atoms with Gasteiger partial charge in [0.1, 0.15) is 0 Å². The first-order valence-corrected chi connectivity index (χ1v) is 6.65. The van der Waals surface area contributed by atoms with Gasteiger partial charge in [-0.1, -0.05) is 23.7 Å². The molecule has 17 heavy (non-hydrogen) atoms. The Balaban J connectivity index is 1.90. The second-order valence-corrected chi connectivity index (χ2v) is 5.34. The normalized spacial score (nSPS) is 21.7. The lowest BCUT2D eigenvalue weighted by Gasteiger charge is -2.17. The number of nitrogens with two attached hydrogens (primary N) is 1. The minimum absolute atomic E-state index is 0.137. The van der Waals surface area contributed by atoms with Gasteiger partial charge in [0.05, 0.1) is 6.10 Å². The highest BCUT2D eigenvalue weighted by molar-refractivity contribution is 6.31. The molecule has 1 aliphatic heterocycles. The van der Waals surface area contributed by atoms with Crippen LogP contribution in [0.2, 0.25) is 5.02 Å². The molecule has 1 fully saturated rings. The van der Waals surface area contributed by atoms with Crippen LogP contribution < -0.4 is 5.73 Å². The Morgan fingerprint density at radius 3 is 3.00 bits per heavy atom. The Hall–Kier alpha value is -0.570. The van der Waals surface area contributed by atoms with E-state index in [0.29, 0.717) is 6.10 Å². The van der Waals surface area contributed by atoms with Crippen molar-refractivity contribution < 1.29 is 4.74 Å². The van der Waals surface area contributed by atoms with Crippen molar-refractivity contribution in [2.24, 2.45) is 5.73 Å². The Morgan fingerprint density at radius 1 is 1.53 bits per heavy atom. The van der Waals surface area contributed by atoms with Crippen molar-refractivity contribution in [1.29, 1.82) is 0 Å². The summed E-state index contributed by atoms with van der Waals surface area (Å²) in [5.41, 5.74) is 8.48. The highest BCUT2D eigenvalue weighted by Crippen LogP contribution is 2.22. The molecule has 2 atom stereocenters. The molecule has 1 aromatic rings. The standard InChI is InChI=1S/C14H20ClNO/c1-10-4-5-11(14(15)7-10)8-12(16)9-13-3-2-6-17-13/h4-5,7,12-13H,2-3,6,8-9,16H2,1H3. The van der Waals surface area contributed by atoms with Gasteiger partial charge < -0.3 is 10.5 Å². The van der Waals surface area contributed by atoms with E-state index in [1.54, 1.807) is 0 Å². The summed E-state index contributed by atoms with van der Waals surface area (Å²) in [4.78, 5) is 0. The quantitative estimate of drug-likeness (QED) is 0.895. The van der Waals surface area contributed by atoms with Gasteiger partial charge in [-0.25, -0.2) is 0 Å². The van der Waals surface area contributed by atoms with E-state index in [2.05, 4.69) is 12.1 Å². The summed E-state index contributed by atoms with van der Waals surface area (Å²) in [6.07, 6.45) is 4.44. The van der Waals surface area contributed by atoms with Crippen molar-refractivity contribution in [1.82, 2.24) is 0 Å². The second kappa shape index (κ2) is 5.85. The van der Waals surface area contributed by atoms with Crippen LogP contribution in [0.3, 0.4) is 0 Å². The van der Waals surface area contributed by atoms with Crippen molar-refractivity contribution in [2.75, 3.05) is 6.61 Å². The summed E-state index contributed by atoms with van der Waals surface area (Å²) < 4.78 is 5.60. The molecular weight excluding hydrogens is 234 g/mol. The van der Waals surface area contributed by atoms with Crippen LogP contribution in [0.5, 0.6) is 0 Å². The summed E-state index contributed by atoms with van der Waals surface area (Å²) in [6, 6.07) is 6.29. The van der Waals surface area contributed by atoms with E-state index in [0.717, 1.165) is 36.5 Å². The number of rotatable bonds is 4. The molecule has 0 spiro atoms. The maximum absolute atomic E-state index is 6.20. The molecule has 0 aliphatic carbocycles. The molecule has 0 aromatic heterocycles. The topological polar surface area (TPSA) is 35.2 Å². The third-order valence-corrected chi connectivity index (χ3v) is 3.63. The van der Waals surface area contributed by atoms with E-state index >= 15 is 0 Å². The van der Waals surface area contributed by atoms with E-state index in [-0.39, 0.29) is 6.04 Å². The minimum Gasteiger partial charge on any atom is -0.378 e. The summed E-state index contributed by atoms with van der Waals surface area (Å²) >= 11 is 6.20. The zero-order valence-corrected chi connectivity index (χ0v) is 11.0. The first kappa shape index (κ1) is 12.9. The van der Waals surface area contributed by atoms with Crippen molar-refractivity contribution in [3.05, 3.63) is 34.3 Å². The summed E-state index contributed by atoms with van der Waals surface area (Å²) in [5, 5.41) is 0.827. The fourth-order valence-corrected chi connectivity index (χ4v) is 2.66. The lowest BCUT2D eigenvalue weighted by Crippen LogP contribution is -2.28. The highest BCUT2D eigenvalue weighted by atomic mass is 35.5. The molecule has 0 radical (unpaired) electrons. The van der Waals surface area contributed by atoms with E-state index in [1.165, 1.54) is 12.0 Å². The van der Waals surface area contributed by atoms with Crippen LogP contribution in [-0.4, -0.2) is 18.8 Å². The number of hydrogen-bond donors (Lipinski definition) is 1. The SMILES string of the molecule is Cc1ccc(CC(N)CC2CCCO2)c(Cl)c1. The maximum atomic E-state index is 6.20. The fraction of sp³-hybridized carbons (Fsp3) is 0.571. The van der Waals surface area contributed by atoms with Crippen LogP contribution >= 0.6 is 11.6 Å². The molecule has 0 bridgehead atoms. The first-order valence-electron chi connectivity index (χ1n) is 6.27. The Morgan fingerprint density at radius 2 is 2.35 bits per heavy atom. The van der Waals surface area contributed by atoms with E-state index in [4.69, 9.17) is 22.1 Å². The minimum atomic E-state index is 0.137. The van der Waals surface area contributed by atoms with Crippen LogP contribution in [0.4, 0.5) is 0 Å². The molecule has 3 heteroatoms. The van der Waals surface area contributed by atoms with Gasteiger partial charge in [-0.2, -0.15) is 0 Å². The Labute approximate surface area is 108 Å². The van der Waals surface area contributed by atoms with Gasteiger partial charge in [0.25, 0.3) is 0 Å². The van der Waals surface area contributed by atoms with Gasteiger partial charge >= 0.3 is 0 Å². The van der Waals surface area contributed by atoms with E-state index in [1.807, 2.05) is 13.0 Å². The smallest absolute Gasteiger partial charge is 0.0590 e. The number of aryl methyl sites for hydroxylation is 1. The molecule has 1 heterocycles. The first-order chi connectivity index (χ1) is 8.15. The van der Waals surface area contributed by atoms with Crippen LogP contribution in [0, 0.1) is 6.92 Å². The monoisotopic (exact) mass is 253 g/mol. The predicted molar refractivity (Wildman–Crippen MR) is 71.5 cm³/mol. The van der Waals surface area contributed by atoms with Gasteiger partial charge in [0, 0.05) is 17.7 Å². The molecule has 2 N–H and O–H groups in total. The number of benzene rings is 1. The third-order valence-electron chi connectivity index (χ3n) is 3.28. The molecule has 2 unspecified atom stereocenters. The van der Waals surface area contributed by atoms with Crippen molar-refractivity contribution >= 4 is 11.6 Å². The zero-order chi connectivity index (χ0) is 12.3. The number of hydrogen-bond acceptors (Lipinski definition) is 2. The van der Waals surface area contributed by atoms with E-state index < -0.39 is 0 Å². The number of ether oxygens (including phenoxy) is 1. The van der Waals surface area contributed by atoms with Gasteiger partial charge in [0.15, 0.2) is 0 Å². The van der Waals surface area contributed by atoms with Crippen LogP contribution in [0.1, 0.15) is 30.4 Å². The Kier molecular flexibility index (Phi) is 4.43. The van der Waals surface area contributed by atoms with Crippen LogP contribution in [0.25, 0.3) is 0 Å². The van der Waals surface area contributed by atoms with Crippen LogP contribution in [-0.2, 0) is 11.2 Å². The van der Waals surface area contributed by atoms with Crippen molar-refractivity contribution in [3.8, 4) is 0 Å². The van der Waals surface area contributed by atoms with Gasteiger partial charge in [-0.05, 0) is 49.8 Å². The molecule has 1 saturated heterocycles. The molecule has 0 amide bonds. The Bertz CT molecular complexity index is 374. The lowest BCUT2D eigenvalue weighted by atomic mass is 9.99. The molecular formula is C14H20ClNO. The maximum Gasteiger partial charge on any atom is 0.0590 e. The third kappa shape index (κ3) is 3.70. The average molecular weight is 254 g/mol. The molecule has 1 aliphatic rings. The zero-order valence-electron chi connectivity index (χ0n) is 10.3. The van der Waals surface area contributed by atoms with Crippen LogP contribution in [0.15, 0.2) is 18.2 Å². The molecule has 2 nitrogen and oxygen atoms in total. The van der Waals surface area contributed by atoms with Gasteiger partial charge in [-0.3, -0.25) is 0 Å². The molecule has 94 valence electrons. The van der Waals surface area contributed by atoms with Gasteiger partial charge in [0.2, 0.25) is 0 Å². The predicted octanol–water partition coefficient (Wildman–Crippen LogP) is 3.09. The summed E-state index contributed by atoms with van der Waals surface area (Å²) in [6.45, 7) is 2.94. The summed E-state index contributed by atoms with van der Waals surface area (Å²) in [7, 11) is 0. The van der Waals surface area contributed by atoms with E-state index in [9.17, 15) is 0 Å². The molecule has 0 saturated carbocycles. The second-order valence-electron chi connectivity index (χ2n) is 4.93. The number of halogens is 1.